The Hall–Kier alpha value is -1.05. The molecule has 0 radical (unpaired) electrons. The maximum Gasteiger partial charge on any atom is 0.379 e. The molecule has 0 N–H and O–H groups in total. The first-order valence-corrected chi connectivity index (χ1v) is 4.58. The van der Waals surface area contributed by atoms with Crippen molar-refractivity contribution in [2.45, 2.75) is 0 Å². The van der Waals surface area contributed by atoms with Crippen LogP contribution in [0.1, 0.15) is 10.4 Å². The number of nitrogens with zero attached hydrogens (tertiary/aromatic N) is 1. The first kappa shape index (κ1) is 11.0. The third kappa shape index (κ3) is 2.06. The molecule has 1 aromatic rings. The van der Waals surface area contributed by atoms with Crippen molar-refractivity contribution in [3.05, 3.63) is 27.3 Å². The van der Waals surface area contributed by atoms with E-state index in [-0.39, 0.29) is 5.56 Å². The van der Waals surface area contributed by atoms with E-state index in [2.05, 4.69) is 9.72 Å². The molecule has 0 unspecified atom stereocenters. The van der Waals surface area contributed by atoms with E-state index in [1.165, 1.54) is 12.3 Å². The van der Waals surface area contributed by atoms with Crippen LogP contribution in [-0.4, -0.2) is 23.8 Å². The topological polar surface area (TPSA) is 56.3 Å². The van der Waals surface area contributed by atoms with Gasteiger partial charge in [0.15, 0.2) is 0 Å². The van der Waals surface area contributed by atoms with Crippen LogP contribution in [0.25, 0.3) is 0 Å². The summed E-state index contributed by atoms with van der Waals surface area (Å²) in [6.45, 7) is 0. The number of hydrogen-bond donors (Lipinski definition) is 0. The third-order valence-corrected chi connectivity index (χ3v) is 2.35. The number of ether oxygens (including phenoxy) is 1. The molecule has 0 amide bonds. The fourth-order valence-electron chi connectivity index (χ4n) is 0.811. The number of halogens is 2. The molecule has 0 atom stereocenters. The summed E-state index contributed by atoms with van der Waals surface area (Å²) in [5, 5.41) is 0. The van der Waals surface area contributed by atoms with Crippen molar-refractivity contribution in [1.82, 2.24) is 4.98 Å². The molecule has 0 aliphatic carbocycles. The van der Waals surface area contributed by atoms with Crippen LogP contribution in [0.15, 0.2) is 12.3 Å². The van der Waals surface area contributed by atoms with E-state index in [0.29, 0.717) is 3.57 Å². The molecule has 1 rings (SSSR count). The average molecular weight is 309 g/mol. The van der Waals surface area contributed by atoms with Crippen LogP contribution in [0.5, 0.6) is 0 Å². The van der Waals surface area contributed by atoms with E-state index in [1.807, 2.05) is 0 Å². The predicted molar refractivity (Wildman–Crippen MR) is 53.3 cm³/mol. The fraction of sp³-hybridized carbons (Fsp3) is 0.125. The van der Waals surface area contributed by atoms with Crippen molar-refractivity contribution < 1.29 is 18.7 Å². The van der Waals surface area contributed by atoms with Crippen LogP contribution in [0.3, 0.4) is 0 Å². The van der Waals surface area contributed by atoms with E-state index in [1.54, 1.807) is 22.6 Å². The zero-order valence-electron chi connectivity index (χ0n) is 7.08. The molecule has 1 aromatic heterocycles. The highest BCUT2D eigenvalue weighted by Crippen LogP contribution is 2.14. The van der Waals surface area contributed by atoms with Gasteiger partial charge in [0.1, 0.15) is 0 Å². The van der Waals surface area contributed by atoms with Crippen molar-refractivity contribution in [2.75, 3.05) is 7.11 Å². The minimum Gasteiger partial charge on any atom is -0.463 e. The Morgan fingerprint density at radius 3 is 2.71 bits per heavy atom. The van der Waals surface area contributed by atoms with Crippen LogP contribution in [0.4, 0.5) is 4.39 Å². The zero-order chi connectivity index (χ0) is 10.7. The Labute approximate surface area is 92.6 Å². The van der Waals surface area contributed by atoms with Crippen molar-refractivity contribution >= 4 is 34.3 Å². The lowest BCUT2D eigenvalue weighted by Gasteiger charge is -2.01. The van der Waals surface area contributed by atoms with Crippen LogP contribution >= 0.6 is 22.6 Å². The highest BCUT2D eigenvalue weighted by Gasteiger charge is 2.23. The molecule has 0 saturated carbocycles. The number of esters is 1. The van der Waals surface area contributed by atoms with Crippen molar-refractivity contribution in [1.29, 1.82) is 0 Å². The van der Waals surface area contributed by atoms with Crippen LogP contribution in [0.2, 0.25) is 0 Å². The van der Waals surface area contributed by atoms with E-state index in [0.717, 1.165) is 7.11 Å². The third-order valence-electron chi connectivity index (χ3n) is 1.45. The van der Waals surface area contributed by atoms with E-state index >= 15 is 0 Å². The molecule has 4 nitrogen and oxygen atoms in total. The summed E-state index contributed by atoms with van der Waals surface area (Å²) in [6.07, 6.45) is 1.21. The summed E-state index contributed by atoms with van der Waals surface area (Å²) < 4.78 is 17.6. The van der Waals surface area contributed by atoms with Crippen molar-refractivity contribution in [2.24, 2.45) is 0 Å². The monoisotopic (exact) mass is 309 g/mol. The lowest BCUT2D eigenvalue weighted by molar-refractivity contribution is -0.135. The van der Waals surface area contributed by atoms with Crippen LogP contribution < -0.4 is 0 Å². The number of hydrogen-bond acceptors (Lipinski definition) is 4. The SMILES string of the molecule is COC(=O)C(=O)c1c(I)ccnc1F. The largest absolute Gasteiger partial charge is 0.463 e. The quantitative estimate of drug-likeness (QED) is 0.271. The van der Waals surface area contributed by atoms with Gasteiger partial charge in [0.05, 0.1) is 12.7 Å². The Bertz CT molecular complexity index is 374. The van der Waals surface area contributed by atoms with E-state index < -0.39 is 17.7 Å². The fourth-order valence-corrected chi connectivity index (χ4v) is 1.44. The van der Waals surface area contributed by atoms with Gasteiger partial charge in [0, 0.05) is 9.77 Å². The molecule has 6 heteroatoms. The number of pyridine rings is 1. The number of rotatable bonds is 2. The van der Waals surface area contributed by atoms with Gasteiger partial charge in [-0.05, 0) is 28.7 Å². The number of methoxy groups -OCH3 is 1. The second kappa shape index (κ2) is 4.45. The van der Waals surface area contributed by atoms with Crippen LogP contribution in [0, 0.1) is 9.52 Å². The number of carbonyl (C=O) groups excluding carboxylic acids is 2. The molecular weight excluding hydrogens is 304 g/mol. The lowest BCUT2D eigenvalue weighted by Crippen LogP contribution is -2.19. The molecule has 0 fully saturated rings. The molecule has 1 heterocycles. The van der Waals surface area contributed by atoms with Crippen molar-refractivity contribution in [3.8, 4) is 0 Å². The Kier molecular flexibility index (Phi) is 3.50. The smallest absolute Gasteiger partial charge is 0.379 e. The predicted octanol–water partition coefficient (Wildman–Crippen LogP) is 1.18. The highest BCUT2D eigenvalue weighted by atomic mass is 127. The van der Waals surface area contributed by atoms with Crippen molar-refractivity contribution in [3.63, 3.8) is 0 Å². The summed E-state index contributed by atoms with van der Waals surface area (Å²) >= 11 is 1.74. The van der Waals surface area contributed by atoms with Gasteiger partial charge < -0.3 is 4.74 Å². The van der Waals surface area contributed by atoms with Crippen LogP contribution in [-0.2, 0) is 9.53 Å². The van der Waals surface area contributed by atoms with Gasteiger partial charge in [-0.25, -0.2) is 9.78 Å². The maximum atomic E-state index is 13.1. The van der Waals surface area contributed by atoms with Gasteiger partial charge in [0.25, 0.3) is 5.78 Å². The van der Waals surface area contributed by atoms with Gasteiger partial charge in [-0.1, -0.05) is 0 Å². The number of aromatic nitrogens is 1. The molecule has 0 bridgehead atoms. The summed E-state index contributed by atoms with van der Waals surface area (Å²) in [6, 6.07) is 1.43. The van der Waals surface area contributed by atoms with Gasteiger partial charge in [-0.3, -0.25) is 4.79 Å². The average Bonchev–Trinajstić information content (AvgIpc) is 2.16. The maximum absolute atomic E-state index is 13.1. The summed E-state index contributed by atoms with van der Waals surface area (Å²) in [7, 11) is 1.06. The summed E-state index contributed by atoms with van der Waals surface area (Å²) in [5.41, 5.74) is -0.347. The Morgan fingerprint density at radius 2 is 2.21 bits per heavy atom. The normalized spacial score (nSPS) is 9.64. The summed E-state index contributed by atoms with van der Waals surface area (Å²) in [5.74, 6) is -3.09. The first-order valence-electron chi connectivity index (χ1n) is 3.50. The standard InChI is InChI=1S/C8H5FINO3/c1-14-8(13)6(12)5-4(10)2-3-11-7(5)9/h2-3H,1H3. The Balaban J connectivity index is 3.19. The lowest BCUT2D eigenvalue weighted by atomic mass is 10.2. The molecule has 0 aliphatic rings. The van der Waals surface area contributed by atoms with Gasteiger partial charge in [0.2, 0.25) is 5.95 Å². The molecule has 0 spiro atoms. The van der Waals surface area contributed by atoms with Gasteiger partial charge >= 0.3 is 5.97 Å². The van der Waals surface area contributed by atoms with Gasteiger partial charge in [-0.15, -0.1) is 0 Å². The second-order valence-electron chi connectivity index (χ2n) is 2.28. The molecule has 14 heavy (non-hydrogen) atoms. The minimum atomic E-state index is -1.10. The van der Waals surface area contributed by atoms with E-state index in [4.69, 9.17) is 0 Å². The zero-order valence-corrected chi connectivity index (χ0v) is 9.24. The summed E-state index contributed by atoms with van der Waals surface area (Å²) in [4.78, 5) is 25.4. The Morgan fingerprint density at radius 1 is 1.57 bits per heavy atom. The molecule has 74 valence electrons. The van der Waals surface area contributed by atoms with E-state index in [9.17, 15) is 14.0 Å². The highest BCUT2D eigenvalue weighted by molar-refractivity contribution is 14.1. The molecular formula is C8H5FINO3. The molecule has 0 aliphatic heterocycles. The number of ketones is 1. The number of carbonyl (C=O) groups is 2. The number of Topliss-reactive ketones (excluding diaryl/α,β-unsaturated/α-hetero) is 1. The first-order chi connectivity index (χ1) is 6.57. The molecule has 0 aromatic carbocycles. The van der Waals surface area contributed by atoms with Gasteiger partial charge in [-0.2, -0.15) is 4.39 Å². The minimum absolute atomic E-state index is 0.325. The second-order valence-corrected chi connectivity index (χ2v) is 3.44. The molecule has 0 saturated heterocycles.